The molecule has 0 aromatic rings. The van der Waals surface area contributed by atoms with Crippen molar-refractivity contribution in [1.29, 1.82) is 5.26 Å². The highest BCUT2D eigenvalue weighted by Crippen LogP contribution is 2.09. The lowest BCUT2D eigenvalue weighted by molar-refractivity contribution is 0.198. The van der Waals surface area contributed by atoms with Crippen LogP contribution in [0.3, 0.4) is 0 Å². The van der Waals surface area contributed by atoms with E-state index in [0.29, 0.717) is 6.04 Å². The fourth-order valence-corrected chi connectivity index (χ4v) is 1.82. The number of nitrogens with zero attached hydrogens (tertiary/aromatic N) is 2. The summed E-state index contributed by atoms with van der Waals surface area (Å²) in [6, 6.07) is 2.63. The van der Waals surface area contributed by atoms with Gasteiger partial charge in [0.05, 0.1) is 6.07 Å². The Bertz CT molecular complexity index is 234. The third-order valence-electron chi connectivity index (χ3n) is 2.66. The molecule has 0 radical (unpaired) electrons. The molecule has 0 amide bonds. The van der Waals surface area contributed by atoms with Gasteiger partial charge >= 0.3 is 0 Å². The maximum Gasteiger partial charge on any atom is 0.0941 e. The first-order valence-electron chi connectivity index (χ1n) is 6.31. The molecule has 1 saturated heterocycles. The van der Waals surface area contributed by atoms with Crippen molar-refractivity contribution >= 4 is 0 Å². The van der Waals surface area contributed by atoms with Crippen LogP contribution in [0.25, 0.3) is 0 Å². The van der Waals surface area contributed by atoms with Crippen LogP contribution in [0.2, 0.25) is 0 Å². The second-order valence-electron chi connectivity index (χ2n) is 3.72. The third kappa shape index (κ3) is 5.29. The van der Waals surface area contributed by atoms with E-state index in [4.69, 9.17) is 5.26 Å². The Labute approximate surface area is 100 Å². The van der Waals surface area contributed by atoms with Crippen LogP contribution < -0.4 is 5.32 Å². The monoisotopic (exact) mass is 223 g/mol. The lowest BCUT2D eigenvalue weighted by atomic mass is 10.1. The van der Waals surface area contributed by atoms with Crippen LogP contribution in [-0.2, 0) is 0 Å². The van der Waals surface area contributed by atoms with Gasteiger partial charge in [0.25, 0.3) is 0 Å². The fourth-order valence-electron chi connectivity index (χ4n) is 1.82. The zero-order valence-electron chi connectivity index (χ0n) is 11.1. The summed E-state index contributed by atoms with van der Waals surface area (Å²) in [6.45, 7) is 12.4. The predicted octanol–water partition coefficient (Wildman–Crippen LogP) is 2.17. The van der Waals surface area contributed by atoms with E-state index in [1.807, 2.05) is 20.8 Å². The average Bonchev–Trinajstić information content (AvgIpc) is 2.39. The second-order valence-corrected chi connectivity index (χ2v) is 3.72. The van der Waals surface area contributed by atoms with Crippen molar-refractivity contribution in [3.63, 3.8) is 0 Å². The van der Waals surface area contributed by atoms with E-state index in [9.17, 15) is 0 Å². The number of allylic oxidation sites excluding steroid dienone is 1. The third-order valence-corrected chi connectivity index (χ3v) is 2.66. The van der Waals surface area contributed by atoms with Gasteiger partial charge in [-0.2, -0.15) is 5.26 Å². The zero-order chi connectivity index (χ0) is 12.4. The van der Waals surface area contributed by atoms with E-state index in [1.54, 1.807) is 0 Å². The van der Waals surface area contributed by atoms with Crippen LogP contribution in [0.4, 0.5) is 0 Å². The van der Waals surface area contributed by atoms with Crippen molar-refractivity contribution in [3.8, 4) is 6.07 Å². The molecule has 0 aliphatic carbocycles. The van der Waals surface area contributed by atoms with Crippen molar-refractivity contribution < 1.29 is 0 Å². The van der Waals surface area contributed by atoms with E-state index < -0.39 is 0 Å². The summed E-state index contributed by atoms with van der Waals surface area (Å²) in [5.74, 6) is 0. The molecule has 1 rings (SSSR count). The average molecular weight is 223 g/mol. The second kappa shape index (κ2) is 9.38. The smallest absolute Gasteiger partial charge is 0.0941 e. The number of nitrogens with one attached hydrogen (secondary N) is 1. The van der Waals surface area contributed by atoms with Gasteiger partial charge in [-0.05, 0) is 13.3 Å². The molecular formula is C13H25N3. The van der Waals surface area contributed by atoms with Gasteiger partial charge in [0, 0.05) is 37.8 Å². The van der Waals surface area contributed by atoms with Gasteiger partial charge in [0.15, 0.2) is 0 Å². The molecule has 1 aliphatic rings. The molecule has 0 saturated carbocycles. The van der Waals surface area contributed by atoms with Gasteiger partial charge in [0.2, 0.25) is 0 Å². The molecule has 0 spiro atoms. The van der Waals surface area contributed by atoms with Crippen LogP contribution in [0.5, 0.6) is 0 Å². The molecule has 1 atom stereocenters. The molecule has 0 aromatic heterocycles. The number of nitriles is 1. The van der Waals surface area contributed by atoms with Crippen molar-refractivity contribution in [2.24, 2.45) is 0 Å². The largest absolute Gasteiger partial charge is 0.314 e. The lowest BCUT2D eigenvalue weighted by Gasteiger charge is -2.32. The Morgan fingerprint density at radius 1 is 1.44 bits per heavy atom. The van der Waals surface area contributed by atoms with Crippen molar-refractivity contribution in [2.75, 3.05) is 26.2 Å². The van der Waals surface area contributed by atoms with E-state index in [2.05, 4.69) is 29.3 Å². The highest BCUT2D eigenvalue weighted by Gasteiger charge is 2.16. The molecule has 1 heterocycles. The minimum atomic E-state index is 0.441. The number of rotatable bonds is 3. The van der Waals surface area contributed by atoms with Crippen molar-refractivity contribution in [1.82, 2.24) is 10.2 Å². The molecule has 3 heteroatoms. The van der Waals surface area contributed by atoms with Crippen molar-refractivity contribution in [3.05, 3.63) is 11.6 Å². The summed E-state index contributed by atoms with van der Waals surface area (Å²) in [5, 5.41) is 12.1. The van der Waals surface area contributed by atoms with Crippen LogP contribution in [-0.4, -0.2) is 37.1 Å². The first-order chi connectivity index (χ1) is 7.77. The van der Waals surface area contributed by atoms with Gasteiger partial charge < -0.3 is 5.32 Å². The predicted molar refractivity (Wildman–Crippen MR) is 69.2 cm³/mol. The van der Waals surface area contributed by atoms with Gasteiger partial charge in [-0.25, -0.2) is 0 Å². The van der Waals surface area contributed by atoms with Crippen LogP contribution in [0.15, 0.2) is 11.6 Å². The number of piperazine rings is 1. The highest BCUT2D eigenvalue weighted by atomic mass is 15.2. The SMILES string of the molecule is CC.CCC(/C=C(\C)C#N)N1CCNCC1. The molecule has 0 bridgehead atoms. The molecule has 1 fully saturated rings. The Kier molecular flexibility index (Phi) is 8.88. The molecule has 0 aromatic carbocycles. The molecule has 1 N–H and O–H groups in total. The molecule has 3 nitrogen and oxygen atoms in total. The molecular weight excluding hydrogens is 198 g/mol. The van der Waals surface area contributed by atoms with Crippen LogP contribution >= 0.6 is 0 Å². The Morgan fingerprint density at radius 2 is 2.00 bits per heavy atom. The molecule has 16 heavy (non-hydrogen) atoms. The molecule has 1 unspecified atom stereocenters. The van der Waals surface area contributed by atoms with Crippen molar-refractivity contribution in [2.45, 2.75) is 40.2 Å². The van der Waals surface area contributed by atoms with Gasteiger partial charge in [-0.1, -0.05) is 26.8 Å². The van der Waals surface area contributed by atoms with Gasteiger partial charge in [-0.15, -0.1) is 0 Å². The number of hydrogen-bond acceptors (Lipinski definition) is 3. The van der Waals surface area contributed by atoms with Gasteiger partial charge in [0.1, 0.15) is 0 Å². The quantitative estimate of drug-likeness (QED) is 0.745. The van der Waals surface area contributed by atoms with E-state index in [0.717, 1.165) is 38.2 Å². The summed E-state index contributed by atoms with van der Waals surface area (Å²) in [4.78, 5) is 2.44. The van der Waals surface area contributed by atoms with E-state index >= 15 is 0 Å². The summed E-state index contributed by atoms with van der Waals surface area (Å²) in [6.07, 6.45) is 3.17. The summed E-state index contributed by atoms with van der Waals surface area (Å²) < 4.78 is 0. The summed E-state index contributed by atoms with van der Waals surface area (Å²) >= 11 is 0. The molecule has 92 valence electrons. The Hall–Kier alpha value is -0.850. The number of hydrogen-bond donors (Lipinski definition) is 1. The first kappa shape index (κ1) is 15.2. The summed E-state index contributed by atoms with van der Waals surface area (Å²) in [7, 11) is 0. The van der Waals surface area contributed by atoms with E-state index in [1.165, 1.54) is 0 Å². The van der Waals surface area contributed by atoms with E-state index in [-0.39, 0.29) is 0 Å². The van der Waals surface area contributed by atoms with Crippen LogP contribution in [0, 0.1) is 11.3 Å². The molecule has 1 aliphatic heterocycles. The lowest BCUT2D eigenvalue weighted by Crippen LogP contribution is -2.47. The Morgan fingerprint density at radius 3 is 2.44 bits per heavy atom. The normalized spacial score (nSPS) is 19.3. The maximum atomic E-state index is 8.73. The topological polar surface area (TPSA) is 39.1 Å². The highest BCUT2D eigenvalue weighted by molar-refractivity contribution is 5.19. The fraction of sp³-hybridized carbons (Fsp3) is 0.769. The minimum Gasteiger partial charge on any atom is -0.314 e. The first-order valence-corrected chi connectivity index (χ1v) is 6.31. The zero-order valence-corrected chi connectivity index (χ0v) is 11.1. The van der Waals surface area contributed by atoms with Gasteiger partial charge in [-0.3, -0.25) is 4.90 Å². The van der Waals surface area contributed by atoms with Crippen LogP contribution in [0.1, 0.15) is 34.1 Å². The summed E-state index contributed by atoms with van der Waals surface area (Å²) in [5.41, 5.74) is 0.829. The maximum absolute atomic E-state index is 8.73. The minimum absolute atomic E-state index is 0.441. The Balaban J connectivity index is 0.00000106. The standard InChI is InChI=1S/C11H19N3.C2H6/c1-3-11(8-10(2)9-12)14-6-4-13-5-7-14;1-2/h8,11,13H,3-7H2,1-2H3;1-2H3/b10-8+;.